The van der Waals surface area contributed by atoms with E-state index in [1.165, 1.54) is 28.4 Å². The van der Waals surface area contributed by atoms with E-state index < -0.39 is 16.7 Å². The Kier molecular flexibility index (Phi) is 5.33. The first-order chi connectivity index (χ1) is 13.6. The molecule has 3 aromatic rings. The number of hydrogen-bond donors (Lipinski definition) is 0. The van der Waals surface area contributed by atoms with Crippen LogP contribution in [0, 0.1) is 10.1 Å². The van der Waals surface area contributed by atoms with Crippen molar-refractivity contribution in [3.05, 3.63) is 52.3 Å². The molecule has 1 amide bonds. The van der Waals surface area contributed by atoms with E-state index in [4.69, 9.17) is 9.15 Å². The van der Waals surface area contributed by atoms with Crippen LogP contribution < -0.4 is 4.90 Å². The molecule has 2 aromatic heterocycles. The van der Waals surface area contributed by atoms with Crippen molar-refractivity contribution in [1.82, 2.24) is 9.88 Å². The summed E-state index contributed by atoms with van der Waals surface area (Å²) in [6.07, 6.45) is 0. The van der Waals surface area contributed by atoms with E-state index in [0.717, 1.165) is 23.3 Å². The Bertz CT molecular complexity index is 962. The van der Waals surface area contributed by atoms with Crippen LogP contribution in [0.5, 0.6) is 0 Å². The number of carbonyl (C=O) groups excluding carboxylic acids is 1. The molecule has 1 aliphatic rings. The van der Waals surface area contributed by atoms with Crippen molar-refractivity contribution in [3.8, 4) is 0 Å². The van der Waals surface area contributed by atoms with Crippen LogP contribution >= 0.6 is 11.3 Å². The second kappa shape index (κ2) is 8.05. The molecule has 4 rings (SSSR count). The summed E-state index contributed by atoms with van der Waals surface area (Å²) in [6.45, 7) is 3.97. The van der Waals surface area contributed by atoms with E-state index in [2.05, 4.69) is 9.88 Å². The number of fused-ring (bicyclic) bond motifs is 1. The van der Waals surface area contributed by atoms with Gasteiger partial charge in [0.05, 0.1) is 29.5 Å². The van der Waals surface area contributed by atoms with Crippen LogP contribution in [-0.4, -0.2) is 60.1 Å². The quantitative estimate of drug-likeness (QED) is 0.461. The van der Waals surface area contributed by atoms with Gasteiger partial charge in [0.15, 0.2) is 10.9 Å². The lowest BCUT2D eigenvalue weighted by Crippen LogP contribution is -2.43. The predicted molar refractivity (Wildman–Crippen MR) is 104 cm³/mol. The first-order valence-electron chi connectivity index (χ1n) is 8.83. The highest BCUT2D eigenvalue weighted by Gasteiger charge is 2.26. The maximum Gasteiger partial charge on any atom is 0.433 e. The fourth-order valence-corrected chi connectivity index (χ4v) is 3.99. The zero-order valence-corrected chi connectivity index (χ0v) is 15.8. The van der Waals surface area contributed by atoms with Crippen molar-refractivity contribution in [2.45, 2.75) is 0 Å². The van der Waals surface area contributed by atoms with Crippen molar-refractivity contribution < 1.29 is 18.9 Å². The SMILES string of the molecule is O=C(c1ccc([N+](=O)[O-])o1)N(CCN1CCOCC1)c1nc2ccccc2s1. The Balaban J connectivity index is 1.61. The van der Waals surface area contributed by atoms with E-state index in [1.807, 2.05) is 24.3 Å². The minimum absolute atomic E-state index is 0.0760. The number of aromatic nitrogens is 1. The molecule has 0 radical (unpaired) electrons. The summed E-state index contributed by atoms with van der Waals surface area (Å²) in [6, 6.07) is 10.2. The topological polar surface area (TPSA) is 102 Å². The third-order valence-electron chi connectivity index (χ3n) is 4.48. The van der Waals surface area contributed by atoms with E-state index >= 15 is 0 Å². The molecule has 0 unspecified atom stereocenters. The second-order valence-corrected chi connectivity index (χ2v) is 7.28. The van der Waals surface area contributed by atoms with Crippen LogP contribution in [0.4, 0.5) is 11.0 Å². The predicted octanol–water partition coefficient (Wildman–Crippen LogP) is 2.78. The lowest BCUT2D eigenvalue weighted by molar-refractivity contribution is -0.402. The van der Waals surface area contributed by atoms with Gasteiger partial charge in [-0.3, -0.25) is 24.7 Å². The number of carbonyl (C=O) groups is 1. The van der Waals surface area contributed by atoms with Gasteiger partial charge in [-0.2, -0.15) is 0 Å². The van der Waals surface area contributed by atoms with Gasteiger partial charge in [-0.05, 0) is 18.2 Å². The van der Waals surface area contributed by atoms with E-state index in [0.29, 0.717) is 31.4 Å². The van der Waals surface area contributed by atoms with Gasteiger partial charge in [0, 0.05) is 26.2 Å². The van der Waals surface area contributed by atoms with Gasteiger partial charge in [0.25, 0.3) is 5.91 Å². The number of benzene rings is 1. The minimum Gasteiger partial charge on any atom is -0.395 e. The molecule has 0 aliphatic carbocycles. The first-order valence-corrected chi connectivity index (χ1v) is 9.65. The fraction of sp³-hybridized carbons (Fsp3) is 0.333. The van der Waals surface area contributed by atoms with Gasteiger partial charge < -0.3 is 9.15 Å². The average molecular weight is 402 g/mol. The van der Waals surface area contributed by atoms with Crippen molar-refractivity contribution in [3.63, 3.8) is 0 Å². The minimum atomic E-state index is -0.660. The highest BCUT2D eigenvalue weighted by molar-refractivity contribution is 7.22. The molecule has 0 atom stereocenters. The van der Waals surface area contributed by atoms with Gasteiger partial charge in [0.1, 0.15) is 4.92 Å². The number of hydrogen-bond acceptors (Lipinski definition) is 8. The van der Waals surface area contributed by atoms with Crippen molar-refractivity contribution in [1.29, 1.82) is 0 Å². The second-order valence-electron chi connectivity index (χ2n) is 6.27. The van der Waals surface area contributed by atoms with Crippen molar-refractivity contribution >= 4 is 38.5 Å². The number of amides is 1. The molecule has 146 valence electrons. The summed E-state index contributed by atoms with van der Waals surface area (Å²) in [5.74, 6) is -0.978. The Hall–Kier alpha value is -2.82. The van der Waals surface area contributed by atoms with E-state index in [1.54, 1.807) is 0 Å². The van der Waals surface area contributed by atoms with Gasteiger partial charge >= 0.3 is 5.88 Å². The summed E-state index contributed by atoms with van der Waals surface area (Å²) in [7, 11) is 0. The number of anilines is 1. The molecule has 1 aliphatic heterocycles. The summed E-state index contributed by atoms with van der Waals surface area (Å²) in [5, 5.41) is 11.4. The smallest absolute Gasteiger partial charge is 0.395 e. The van der Waals surface area contributed by atoms with Gasteiger partial charge in [-0.25, -0.2) is 4.98 Å². The first kappa shape index (κ1) is 18.5. The molecule has 1 aromatic carbocycles. The Labute approximate surface area is 164 Å². The van der Waals surface area contributed by atoms with Crippen LogP contribution in [0.2, 0.25) is 0 Å². The van der Waals surface area contributed by atoms with Gasteiger partial charge in [-0.15, -0.1) is 0 Å². The van der Waals surface area contributed by atoms with Crippen molar-refractivity contribution in [2.75, 3.05) is 44.3 Å². The molecule has 3 heterocycles. The average Bonchev–Trinajstić information content (AvgIpc) is 3.36. The molecule has 0 N–H and O–H groups in total. The number of nitro groups is 1. The van der Waals surface area contributed by atoms with Crippen molar-refractivity contribution in [2.24, 2.45) is 0 Å². The molecule has 0 spiro atoms. The molecule has 0 bridgehead atoms. The highest BCUT2D eigenvalue weighted by atomic mass is 32.1. The monoisotopic (exact) mass is 402 g/mol. The summed E-state index contributed by atoms with van der Waals surface area (Å²) >= 11 is 1.40. The molecule has 0 saturated carbocycles. The van der Waals surface area contributed by atoms with Gasteiger partial charge in [0.2, 0.25) is 0 Å². The van der Waals surface area contributed by atoms with Crippen LogP contribution in [0.1, 0.15) is 10.6 Å². The van der Waals surface area contributed by atoms with Crippen LogP contribution in [0.15, 0.2) is 40.8 Å². The number of para-hydroxylation sites is 1. The molecule has 10 heteroatoms. The molecule has 9 nitrogen and oxygen atoms in total. The zero-order chi connectivity index (χ0) is 19.5. The largest absolute Gasteiger partial charge is 0.433 e. The zero-order valence-electron chi connectivity index (χ0n) is 14.9. The Morgan fingerprint density at radius 3 is 2.75 bits per heavy atom. The van der Waals surface area contributed by atoms with Crippen LogP contribution in [0.3, 0.4) is 0 Å². The molecule has 28 heavy (non-hydrogen) atoms. The number of nitrogens with zero attached hydrogens (tertiary/aromatic N) is 4. The number of rotatable bonds is 6. The Morgan fingerprint density at radius 2 is 2.04 bits per heavy atom. The summed E-state index contributed by atoms with van der Waals surface area (Å²) in [4.78, 5) is 31.6. The third kappa shape index (κ3) is 3.88. The van der Waals surface area contributed by atoms with Gasteiger partial charge in [-0.1, -0.05) is 23.5 Å². The molecule has 1 fully saturated rings. The summed E-state index contributed by atoms with van der Waals surface area (Å²) in [5.41, 5.74) is 0.803. The van der Waals surface area contributed by atoms with Crippen LogP contribution in [-0.2, 0) is 4.74 Å². The highest BCUT2D eigenvalue weighted by Crippen LogP contribution is 2.30. The lowest BCUT2D eigenvalue weighted by atomic mass is 10.3. The van der Waals surface area contributed by atoms with Crippen LogP contribution in [0.25, 0.3) is 10.2 Å². The van der Waals surface area contributed by atoms with E-state index in [-0.39, 0.29) is 5.76 Å². The Morgan fingerprint density at radius 1 is 1.25 bits per heavy atom. The maximum absolute atomic E-state index is 13.1. The standard InChI is InChI=1S/C18H18N4O5S/c23-17(14-5-6-16(27-14)22(24)25)21(8-7-20-9-11-26-12-10-20)18-19-13-3-1-2-4-15(13)28-18/h1-6H,7-12H2. The lowest BCUT2D eigenvalue weighted by Gasteiger charge is -2.28. The number of morpholine rings is 1. The summed E-state index contributed by atoms with van der Waals surface area (Å²) < 4.78 is 11.5. The molecule has 1 saturated heterocycles. The molecular weight excluding hydrogens is 384 g/mol. The number of furan rings is 1. The normalized spacial score (nSPS) is 15.0. The fourth-order valence-electron chi connectivity index (χ4n) is 3.00. The van der Waals surface area contributed by atoms with E-state index in [9.17, 15) is 14.9 Å². The maximum atomic E-state index is 13.1. The molecular formula is C18H18N4O5S. The number of ether oxygens (including phenoxy) is 1. The number of thiazole rings is 1. The third-order valence-corrected chi connectivity index (χ3v) is 5.54.